The van der Waals surface area contributed by atoms with E-state index in [9.17, 15) is 0 Å². The number of aromatic nitrogens is 1. The highest BCUT2D eigenvalue weighted by Gasteiger charge is 2.37. The summed E-state index contributed by atoms with van der Waals surface area (Å²) in [6.45, 7) is 26.2. The molecule has 0 aliphatic carbocycles. The second-order valence-corrected chi connectivity index (χ2v) is 15.9. The molecule has 1 aromatic heterocycles. The van der Waals surface area contributed by atoms with Crippen LogP contribution in [0.2, 0.25) is 24.5 Å². The van der Waals surface area contributed by atoms with Crippen LogP contribution in [0.3, 0.4) is 0 Å². The first-order valence-corrected chi connectivity index (χ1v) is 13.6. The molecule has 0 radical (unpaired) electrons. The summed E-state index contributed by atoms with van der Waals surface area (Å²) in [6, 6.07) is 4.51. The Morgan fingerprint density at radius 1 is 1.00 bits per heavy atom. The van der Waals surface area contributed by atoms with E-state index in [0.717, 1.165) is 18.7 Å². The fraction of sp³-hybridized carbons (Fsp3) is 0.783. The fourth-order valence-corrected chi connectivity index (χ4v) is 4.00. The maximum absolute atomic E-state index is 6.38. The molecule has 154 valence electrons. The van der Waals surface area contributed by atoms with Gasteiger partial charge in [0, 0.05) is 5.69 Å². The Hall–Kier alpha value is -0.608. The molecule has 0 bridgehead atoms. The maximum atomic E-state index is 6.38. The van der Waals surface area contributed by atoms with Crippen molar-refractivity contribution < 1.29 is 4.43 Å². The summed E-state index contributed by atoms with van der Waals surface area (Å²) in [5.74, 6) is 0. The van der Waals surface area contributed by atoms with E-state index in [4.69, 9.17) is 9.41 Å². The van der Waals surface area contributed by atoms with E-state index in [-0.39, 0.29) is 5.04 Å². The van der Waals surface area contributed by atoms with Crippen molar-refractivity contribution in [3.63, 3.8) is 0 Å². The van der Waals surface area contributed by atoms with Gasteiger partial charge in [-0.3, -0.25) is 4.98 Å². The number of rotatable bonds is 9. The van der Waals surface area contributed by atoms with Gasteiger partial charge >= 0.3 is 0 Å². The molecule has 0 aliphatic rings. The van der Waals surface area contributed by atoms with Crippen molar-refractivity contribution in [3.8, 4) is 0 Å². The maximum Gasteiger partial charge on any atom is 0.192 e. The first-order chi connectivity index (χ1) is 12.1. The predicted octanol–water partition coefficient (Wildman–Crippen LogP) is 6.24. The Morgan fingerprint density at radius 3 is 2.11 bits per heavy atom. The van der Waals surface area contributed by atoms with Crippen molar-refractivity contribution in [2.45, 2.75) is 106 Å². The lowest BCUT2D eigenvalue weighted by Gasteiger charge is -2.41. The molecule has 1 rings (SSSR count). The van der Waals surface area contributed by atoms with Gasteiger partial charge in [-0.25, -0.2) is 0 Å². The average Bonchev–Trinajstić information content (AvgIpc) is 2.51. The monoisotopic (exact) mass is 389 g/mol. The van der Waals surface area contributed by atoms with Crippen molar-refractivity contribution in [1.82, 2.24) is 4.98 Å². The van der Waals surface area contributed by atoms with Crippen LogP contribution in [0.5, 0.6) is 0 Å². The second kappa shape index (κ2) is 8.82. The van der Waals surface area contributed by atoms with Crippen LogP contribution >= 0.6 is 0 Å². The van der Waals surface area contributed by atoms with Gasteiger partial charge in [0.1, 0.15) is 0 Å². The summed E-state index contributed by atoms with van der Waals surface area (Å²) in [5, 5.41) is 0.233. The zero-order chi connectivity index (χ0) is 21.1. The van der Waals surface area contributed by atoms with Gasteiger partial charge in [0.25, 0.3) is 0 Å². The summed E-state index contributed by atoms with van der Waals surface area (Å²) in [6.07, 6.45) is 3.71. The molecule has 4 heteroatoms. The highest BCUT2D eigenvalue weighted by molar-refractivity contribution is 6.74. The lowest BCUT2D eigenvalue weighted by atomic mass is 9.58. The van der Waals surface area contributed by atoms with Crippen molar-refractivity contribution >= 4 is 21.1 Å². The van der Waals surface area contributed by atoms with E-state index in [1.165, 1.54) is 24.6 Å². The Labute approximate surface area is 171 Å². The number of hydrogen-bond donors (Lipinski definition) is 0. The Balaban J connectivity index is 2.74. The number of aryl methyl sites for hydroxylation is 1. The van der Waals surface area contributed by atoms with Crippen LogP contribution in [0.25, 0.3) is 0 Å². The topological polar surface area (TPSA) is 22.1 Å². The highest BCUT2D eigenvalue weighted by Crippen LogP contribution is 2.44. The fourth-order valence-electron chi connectivity index (χ4n) is 3.06. The molecule has 0 saturated carbocycles. The van der Waals surface area contributed by atoms with Crippen LogP contribution in [-0.2, 0) is 11.0 Å². The molecule has 0 atom stereocenters. The summed E-state index contributed by atoms with van der Waals surface area (Å²) in [5.41, 5.74) is 4.33. The molecule has 1 heterocycles. The smallest absolute Gasteiger partial charge is 0.192 e. The third kappa shape index (κ3) is 6.74. The quantitative estimate of drug-likeness (QED) is 0.466. The molecule has 27 heavy (non-hydrogen) atoms. The molecule has 0 amide bonds. The Kier molecular flexibility index (Phi) is 7.98. The van der Waals surface area contributed by atoms with Crippen molar-refractivity contribution in [2.24, 2.45) is 10.8 Å². The molecular formula is C23H44BNOSi. The van der Waals surface area contributed by atoms with E-state index >= 15 is 0 Å². The van der Waals surface area contributed by atoms with Crippen LogP contribution in [0.15, 0.2) is 12.1 Å². The molecule has 0 spiro atoms. The third-order valence-electron chi connectivity index (χ3n) is 7.44. The lowest BCUT2D eigenvalue weighted by Crippen LogP contribution is -2.40. The van der Waals surface area contributed by atoms with E-state index in [1.54, 1.807) is 0 Å². The Morgan fingerprint density at radius 2 is 1.59 bits per heavy atom. The van der Waals surface area contributed by atoms with E-state index in [2.05, 4.69) is 87.5 Å². The molecule has 1 aromatic rings. The van der Waals surface area contributed by atoms with Gasteiger partial charge < -0.3 is 4.43 Å². The third-order valence-corrected chi connectivity index (χ3v) is 11.9. The SMILES string of the molecule is CCC(C)(C)C(C)(C)CCBc1cc(C)nc(CO[Si](C)(C)C(C)(C)C)c1. The second-order valence-electron chi connectivity index (χ2n) is 11.1. The molecule has 0 saturated heterocycles. The minimum atomic E-state index is -1.74. The van der Waals surface area contributed by atoms with Gasteiger partial charge in [-0.1, -0.05) is 80.0 Å². The average molecular weight is 390 g/mol. The normalized spacial score (nSPS) is 13.7. The summed E-state index contributed by atoms with van der Waals surface area (Å²) < 4.78 is 6.38. The highest BCUT2D eigenvalue weighted by atomic mass is 28.4. The predicted molar refractivity (Wildman–Crippen MR) is 125 cm³/mol. The standard InChI is InChI=1S/C23H44BNOSi/c1-12-22(6,7)23(8,9)13-14-24-19-15-18(2)25-20(16-19)17-26-27(10,11)21(3,4)5/h15-16,24H,12-14,17H2,1-11H3. The minimum Gasteiger partial charge on any atom is -0.411 e. The van der Waals surface area contributed by atoms with Crippen LogP contribution in [0, 0.1) is 17.8 Å². The van der Waals surface area contributed by atoms with Gasteiger partial charge in [-0.15, -0.1) is 0 Å². The van der Waals surface area contributed by atoms with E-state index in [1.807, 2.05) is 0 Å². The molecule has 0 aromatic carbocycles. The van der Waals surface area contributed by atoms with Crippen molar-refractivity contribution in [3.05, 3.63) is 23.5 Å². The number of pyridine rings is 1. The number of hydrogen-bond acceptors (Lipinski definition) is 2. The molecule has 0 aliphatic heterocycles. The zero-order valence-corrected chi connectivity index (χ0v) is 21.0. The van der Waals surface area contributed by atoms with Gasteiger partial charge in [0.2, 0.25) is 0 Å². The van der Waals surface area contributed by atoms with Gasteiger partial charge in [0.05, 0.1) is 12.3 Å². The summed E-state index contributed by atoms with van der Waals surface area (Å²) in [7, 11) is -0.613. The van der Waals surface area contributed by atoms with Crippen LogP contribution in [0.4, 0.5) is 0 Å². The van der Waals surface area contributed by atoms with E-state index < -0.39 is 8.32 Å². The molecule has 2 nitrogen and oxygen atoms in total. The van der Waals surface area contributed by atoms with Gasteiger partial charge in [-0.2, -0.15) is 0 Å². The molecular weight excluding hydrogens is 345 g/mol. The first kappa shape index (κ1) is 24.4. The minimum absolute atomic E-state index is 0.233. The van der Waals surface area contributed by atoms with Gasteiger partial charge in [-0.05, 0) is 48.0 Å². The van der Waals surface area contributed by atoms with Crippen molar-refractivity contribution in [1.29, 1.82) is 0 Å². The van der Waals surface area contributed by atoms with E-state index in [0.29, 0.717) is 17.4 Å². The molecule has 0 fully saturated rings. The summed E-state index contributed by atoms with van der Waals surface area (Å²) >= 11 is 0. The Bertz CT molecular complexity index is 617. The lowest BCUT2D eigenvalue weighted by molar-refractivity contribution is 0.0998. The van der Waals surface area contributed by atoms with Crippen LogP contribution in [-0.4, -0.2) is 20.6 Å². The van der Waals surface area contributed by atoms with Crippen LogP contribution < -0.4 is 5.46 Å². The first-order valence-electron chi connectivity index (χ1n) is 10.7. The largest absolute Gasteiger partial charge is 0.411 e. The summed E-state index contributed by atoms with van der Waals surface area (Å²) in [4.78, 5) is 4.73. The zero-order valence-electron chi connectivity index (χ0n) is 20.0. The van der Waals surface area contributed by atoms with Crippen LogP contribution in [0.1, 0.15) is 79.6 Å². The van der Waals surface area contributed by atoms with Gasteiger partial charge in [0.15, 0.2) is 15.6 Å². The molecule has 0 N–H and O–H groups in total. The number of nitrogens with zero attached hydrogens (tertiary/aromatic N) is 1. The van der Waals surface area contributed by atoms with Crippen molar-refractivity contribution in [2.75, 3.05) is 0 Å². The molecule has 0 unspecified atom stereocenters.